The van der Waals surface area contributed by atoms with Crippen LogP contribution in [0.4, 0.5) is 0 Å². The van der Waals surface area contributed by atoms with Gasteiger partial charge in [0.25, 0.3) is 0 Å². The van der Waals surface area contributed by atoms with Crippen LogP contribution in [0, 0.1) is 11.8 Å². The summed E-state index contributed by atoms with van der Waals surface area (Å²) in [5.74, 6) is 1.35. The Hall–Kier alpha value is -0.570. The highest BCUT2D eigenvalue weighted by Crippen LogP contribution is 2.40. The van der Waals surface area contributed by atoms with E-state index in [1.54, 1.807) is 0 Å². The lowest BCUT2D eigenvalue weighted by atomic mass is 9.98. The number of hydrogen-bond acceptors (Lipinski definition) is 3. The standard InChI is InChI=1S/C13H22O3/c1-2-7-15-8-3-4-10-5-6-11(9-10)12-13(14)16-12/h10-12H,2-9H2,1H3. The molecule has 3 atom stereocenters. The van der Waals surface area contributed by atoms with Gasteiger partial charge in [-0.2, -0.15) is 0 Å². The molecule has 2 aliphatic rings. The van der Waals surface area contributed by atoms with E-state index in [0.29, 0.717) is 5.92 Å². The van der Waals surface area contributed by atoms with E-state index < -0.39 is 0 Å². The van der Waals surface area contributed by atoms with Crippen LogP contribution in [-0.4, -0.2) is 25.3 Å². The molecule has 0 spiro atoms. The molecular weight excluding hydrogens is 204 g/mol. The number of rotatable bonds is 7. The van der Waals surface area contributed by atoms with Crippen molar-refractivity contribution in [3.63, 3.8) is 0 Å². The van der Waals surface area contributed by atoms with E-state index in [2.05, 4.69) is 6.92 Å². The molecule has 0 aromatic rings. The molecular formula is C13H22O3. The summed E-state index contributed by atoms with van der Waals surface area (Å²) in [4.78, 5) is 10.9. The van der Waals surface area contributed by atoms with Gasteiger partial charge in [-0.1, -0.05) is 13.3 Å². The van der Waals surface area contributed by atoms with E-state index in [9.17, 15) is 4.79 Å². The van der Waals surface area contributed by atoms with E-state index in [0.717, 1.165) is 32.0 Å². The SMILES string of the molecule is CCCOCCCC1CCC(C2OC2=O)C1. The Balaban J connectivity index is 1.53. The highest BCUT2D eigenvalue weighted by Gasteiger charge is 2.47. The summed E-state index contributed by atoms with van der Waals surface area (Å²) in [6.45, 7) is 3.92. The lowest BCUT2D eigenvalue weighted by Crippen LogP contribution is -2.06. The van der Waals surface area contributed by atoms with Crippen molar-refractivity contribution in [3.05, 3.63) is 0 Å². The molecule has 3 unspecified atom stereocenters. The Morgan fingerprint density at radius 2 is 2.19 bits per heavy atom. The maximum Gasteiger partial charge on any atom is 0.348 e. The number of cyclic esters (lactones) is 1. The fraction of sp³-hybridized carbons (Fsp3) is 0.923. The van der Waals surface area contributed by atoms with Crippen molar-refractivity contribution in [3.8, 4) is 0 Å². The van der Waals surface area contributed by atoms with Gasteiger partial charge in [0.15, 0.2) is 0 Å². The van der Waals surface area contributed by atoms with Crippen molar-refractivity contribution < 1.29 is 14.3 Å². The van der Waals surface area contributed by atoms with Gasteiger partial charge in [0.05, 0.1) is 0 Å². The van der Waals surface area contributed by atoms with Crippen molar-refractivity contribution in [2.24, 2.45) is 11.8 Å². The van der Waals surface area contributed by atoms with E-state index in [1.807, 2.05) is 0 Å². The molecule has 2 rings (SSSR count). The predicted molar refractivity (Wildman–Crippen MR) is 61.1 cm³/mol. The van der Waals surface area contributed by atoms with Crippen molar-refractivity contribution in [2.75, 3.05) is 13.2 Å². The molecule has 92 valence electrons. The van der Waals surface area contributed by atoms with Gasteiger partial charge in [0.2, 0.25) is 6.10 Å². The van der Waals surface area contributed by atoms with Crippen LogP contribution in [0.5, 0.6) is 0 Å². The Morgan fingerprint density at radius 3 is 2.88 bits per heavy atom. The monoisotopic (exact) mass is 226 g/mol. The molecule has 0 amide bonds. The third-order valence-electron chi connectivity index (χ3n) is 3.68. The third-order valence-corrected chi connectivity index (χ3v) is 3.68. The number of carbonyl (C=O) groups is 1. The zero-order chi connectivity index (χ0) is 11.4. The summed E-state index contributed by atoms with van der Waals surface area (Å²) >= 11 is 0. The van der Waals surface area contributed by atoms with Crippen LogP contribution >= 0.6 is 0 Å². The maximum atomic E-state index is 10.9. The number of carbonyl (C=O) groups excluding carboxylic acids is 1. The predicted octanol–water partition coefficient (Wildman–Crippen LogP) is 2.53. The molecule has 2 fully saturated rings. The summed E-state index contributed by atoms with van der Waals surface area (Å²) in [7, 11) is 0. The average Bonchev–Trinajstić information content (AvgIpc) is 2.83. The summed E-state index contributed by atoms with van der Waals surface area (Å²) in [6, 6.07) is 0. The normalized spacial score (nSPS) is 32.8. The van der Waals surface area contributed by atoms with Gasteiger partial charge in [-0.15, -0.1) is 0 Å². The van der Waals surface area contributed by atoms with E-state index in [1.165, 1.54) is 25.7 Å². The second-order valence-electron chi connectivity index (χ2n) is 5.05. The molecule has 0 radical (unpaired) electrons. The highest BCUT2D eigenvalue weighted by molar-refractivity contribution is 5.87. The van der Waals surface area contributed by atoms with Gasteiger partial charge in [0, 0.05) is 19.1 Å². The molecule has 1 heterocycles. The largest absolute Gasteiger partial charge is 0.447 e. The molecule has 1 saturated carbocycles. The Labute approximate surface area is 97.5 Å². The van der Waals surface area contributed by atoms with E-state index in [4.69, 9.17) is 9.47 Å². The number of ether oxygens (including phenoxy) is 2. The summed E-state index contributed by atoms with van der Waals surface area (Å²) in [6.07, 6.45) is 7.12. The van der Waals surface area contributed by atoms with Gasteiger partial charge < -0.3 is 9.47 Å². The third kappa shape index (κ3) is 3.21. The number of hydrogen-bond donors (Lipinski definition) is 0. The lowest BCUT2D eigenvalue weighted by Gasteiger charge is -2.09. The minimum Gasteiger partial charge on any atom is -0.447 e. The van der Waals surface area contributed by atoms with E-state index in [-0.39, 0.29) is 12.1 Å². The molecule has 3 nitrogen and oxygen atoms in total. The maximum absolute atomic E-state index is 10.9. The fourth-order valence-corrected chi connectivity index (χ4v) is 2.75. The van der Waals surface area contributed by atoms with Gasteiger partial charge in [0.1, 0.15) is 0 Å². The molecule has 3 heteroatoms. The minimum absolute atomic E-state index is 0.0249. The zero-order valence-electron chi connectivity index (χ0n) is 10.1. The molecule has 0 bridgehead atoms. The molecule has 1 saturated heterocycles. The first-order valence-electron chi connectivity index (χ1n) is 6.59. The van der Waals surface area contributed by atoms with Gasteiger partial charge in [-0.05, 0) is 38.0 Å². The van der Waals surface area contributed by atoms with Crippen molar-refractivity contribution in [2.45, 2.75) is 51.6 Å². The first-order chi connectivity index (χ1) is 7.81. The smallest absolute Gasteiger partial charge is 0.348 e. The van der Waals surface area contributed by atoms with Crippen LogP contribution in [0.25, 0.3) is 0 Å². The second kappa shape index (κ2) is 5.67. The molecule has 1 aliphatic heterocycles. The van der Waals surface area contributed by atoms with Crippen molar-refractivity contribution in [1.82, 2.24) is 0 Å². The second-order valence-corrected chi connectivity index (χ2v) is 5.05. The van der Waals surface area contributed by atoms with E-state index >= 15 is 0 Å². The molecule has 1 aliphatic carbocycles. The molecule has 0 aromatic heterocycles. The van der Waals surface area contributed by atoms with Crippen molar-refractivity contribution >= 4 is 5.97 Å². The van der Waals surface area contributed by atoms with Crippen LogP contribution in [0.2, 0.25) is 0 Å². The molecule has 16 heavy (non-hydrogen) atoms. The first kappa shape index (κ1) is 11.9. The van der Waals surface area contributed by atoms with Crippen LogP contribution in [0.3, 0.4) is 0 Å². The minimum atomic E-state index is -0.0265. The zero-order valence-corrected chi connectivity index (χ0v) is 10.1. The Morgan fingerprint density at radius 1 is 1.38 bits per heavy atom. The van der Waals surface area contributed by atoms with Crippen LogP contribution in [-0.2, 0) is 14.3 Å². The van der Waals surface area contributed by atoms with Gasteiger partial charge >= 0.3 is 5.97 Å². The van der Waals surface area contributed by atoms with Crippen LogP contribution < -0.4 is 0 Å². The topological polar surface area (TPSA) is 38.8 Å². The van der Waals surface area contributed by atoms with Gasteiger partial charge in [-0.25, -0.2) is 4.79 Å². The Bertz CT molecular complexity index is 239. The average molecular weight is 226 g/mol. The first-order valence-corrected chi connectivity index (χ1v) is 6.59. The Kier molecular flexibility index (Phi) is 4.22. The molecule has 0 aromatic carbocycles. The van der Waals surface area contributed by atoms with Crippen LogP contribution in [0.15, 0.2) is 0 Å². The van der Waals surface area contributed by atoms with Crippen molar-refractivity contribution in [1.29, 1.82) is 0 Å². The summed E-state index contributed by atoms with van der Waals surface area (Å²) in [5, 5.41) is 0. The highest BCUT2D eigenvalue weighted by atomic mass is 16.6. The fourth-order valence-electron chi connectivity index (χ4n) is 2.75. The van der Waals surface area contributed by atoms with Gasteiger partial charge in [-0.3, -0.25) is 0 Å². The number of epoxide rings is 1. The lowest BCUT2D eigenvalue weighted by molar-refractivity contribution is -0.117. The summed E-state index contributed by atoms with van der Waals surface area (Å²) < 4.78 is 10.4. The summed E-state index contributed by atoms with van der Waals surface area (Å²) in [5.41, 5.74) is 0. The van der Waals surface area contributed by atoms with Crippen LogP contribution in [0.1, 0.15) is 45.4 Å². The molecule has 0 N–H and O–H groups in total. The quantitative estimate of drug-likeness (QED) is 0.494.